The van der Waals surface area contributed by atoms with Gasteiger partial charge in [0.05, 0.1) is 9.64 Å². The van der Waals surface area contributed by atoms with E-state index in [1.165, 1.54) is 12.1 Å². The Labute approximate surface area is 120 Å². The van der Waals surface area contributed by atoms with Crippen LogP contribution < -0.4 is 9.86 Å². The summed E-state index contributed by atoms with van der Waals surface area (Å²) < 4.78 is 47.5. The van der Waals surface area contributed by atoms with E-state index in [0.29, 0.717) is 6.42 Å². The minimum absolute atomic E-state index is 0.0384. The van der Waals surface area contributed by atoms with Crippen LogP contribution in [0.25, 0.3) is 0 Å². The van der Waals surface area contributed by atoms with E-state index < -0.39 is 24.8 Å². The summed E-state index contributed by atoms with van der Waals surface area (Å²) in [6, 6.07) is 6.04. The predicted molar refractivity (Wildman–Crippen MR) is 78.2 cm³/mol. The topological polar surface area (TPSA) is 106 Å². The second-order valence-electron chi connectivity index (χ2n) is 5.45. The molecule has 0 unspecified atom stereocenters. The van der Waals surface area contributed by atoms with Crippen LogP contribution in [0.5, 0.6) is 0 Å². The molecule has 1 aromatic carbocycles. The second kappa shape index (κ2) is 5.80. The highest BCUT2D eigenvalue weighted by atomic mass is 32.2. The molecule has 0 atom stereocenters. The van der Waals surface area contributed by atoms with Gasteiger partial charge in [0.15, 0.2) is 0 Å². The number of nitrogens with one attached hydrogen (secondary N) is 1. The third-order valence-corrected chi connectivity index (χ3v) is 5.89. The molecule has 114 valence electrons. The van der Waals surface area contributed by atoms with Gasteiger partial charge in [-0.05, 0) is 44.9 Å². The van der Waals surface area contributed by atoms with Crippen LogP contribution in [0.4, 0.5) is 0 Å². The van der Waals surface area contributed by atoms with Crippen molar-refractivity contribution in [1.82, 2.24) is 4.72 Å². The van der Waals surface area contributed by atoms with Crippen molar-refractivity contribution in [2.45, 2.75) is 36.8 Å². The first-order chi connectivity index (χ1) is 8.93. The smallest absolute Gasteiger partial charge is 0.225 e. The number of benzene rings is 1. The van der Waals surface area contributed by atoms with E-state index in [4.69, 9.17) is 5.14 Å². The fourth-order valence-corrected chi connectivity index (χ4v) is 2.71. The van der Waals surface area contributed by atoms with Gasteiger partial charge in [0, 0.05) is 6.54 Å². The molecule has 1 rings (SSSR count). The maximum Gasteiger partial charge on any atom is 0.238 e. The number of hydrogen-bond donors (Lipinski definition) is 2. The Morgan fingerprint density at radius 2 is 1.55 bits per heavy atom. The second-order valence-corrected chi connectivity index (χ2v) is 9.53. The van der Waals surface area contributed by atoms with Gasteiger partial charge in [-0.1, -0.05) is 12.1 Å². The molecule has 0 amide bonds. The van der Waals surface area contributed by atoms with Gasteiger partial charge in [0.1, 0.15) is 0 Å². The van der Waals surface area contributed by atoms with Gasteiger partial charge in [-0.3, -0.25) is 0 Å². The van der Waals surface area contributed by atoms with Gasteiger partial charge in [-0.15, -0.1) is 0 Å². The van der Waals surface area contributed by atoms with Crippen molar-refractivity contribution in [1.29, 1.82) is 0 Å². The molecule has 6 nitrogen and oxygen atoms in total. The first kappa shape index (κ1) is 17.1. The van der Waals surface area contributed by atoms with Crippen LogP contribution in [-0.4, -0.2) is 28.1 Å². The molecule has 0 aliphatic rings. The molecule has 0 aliphatic heterocycles. The van der Waals surface area contributed by atoms with Crippen molar-refractivity contribution in [3.05, 3.63) is 29.8 Å². The minimum atomic E-state index is -3.69. The molecule has 0 saturated heterocycles. The predicted octanol–water partition coefficient (Wildman–Crippen LogP) is 0.594. The van der Waals surface area contributed by atoms with Gasteiger partial charge in [0.25, 0.3) is 0 Å². The monoisotopic (exact) mass is 320 g/mol. The summed E-state index contributed by atoms with van der Waals surface area (Å²) in [6.07, 6.45) is 0.472. The van der Waals surface area contributed by atoms with E-state index in [2.05, 4.69) is 4.72 Å². The van der Waals surface area contributed by atoms with Gasteiger partial charge in [0.2, 0.25) is 20.0 Å². The Kier molecular flexibility index (Phi) is 4.96. The third kappa shape index (κ3) is 4.55. The summed E-state index contributed by atoms with van der Waals surface area (Å²) in [7, 11) is -7.06. The van der Waals surface area contributed by atoms with E-state index in [-0.39, 0.29) is 11.4 Å². The van der Waals surface area contributed by atoms with Crippen LogP contribution in [0.1, 0.15) is 26.3 Å². The first-order valence-corrected chi connectivity index (χ1v) is 9.07. The summed E-state index contributed by atoms with van der Waals surface area (Å²) in [5, 5.41) is 4.99. The summed E-state index contributed by atoms with van der Waals surface area (Å²) in [5.74, 6) is 0. The molecule has 0 radical (unpaired) electrons. The van der Waals surface area contributed by atoms with Crippen molar-refractivity contribution in [2.24, 2.45) is 5.14 Å². The lowest BCUT2D eigenvalue weighted by molar-refractivity contribution is 0.545. The molecule has 0 saturated carbocycles. The van der Waals surface area contributed by atoms with E-state index >= 15 is 0 Å². The SMILES string of the molecule is CC(C)(C)S(=O)(=O)NCCc1ccc(S(N)(=O)=O)cc1. The first-order valence-electron chi connectivity index (χ1n) is 6.04. The highest BCUT2D eigenvalue weighted by Gasteiger charge is 2.28. The van der Waals surface area contributed by atoms with E-state index in [1.807, 2.05) is 0 Å². The summed E-state index contributed by atoms with van der Waals surface area (Å²) in [4.78, 5) is 0.0384. The Morgan fingerprint density at radius 1 is 1.05 bits per heavy atom. The number of nitrogens with two attached hydrogens (primary N) is 1. The molecular weight excluding hydrogens is 300 g/mol. The highest BCUT2D eigenvalue weighted by molar-refractivity contribution is 7.90. The van der Waals surface area contributed by atoms with E-state index in [9.17, 15) is 16.8 Å². The Bertz CT molecular complexity index is 656. The Hall–Kier alpha value is -0.960. The average molecular weight is 320 g/mol. The fourth-order valence-electron chi connectivity index (χ4n) is 1.39. The molecular formula is C12H20N2O4S2. The zero-order chi connectivity index (χ0) is 15.6. The normalized spacial score (nSPS) is 13.4. The quantitative estimate of drug-likeness (QED) is 0.828. The number of hydrogen-bond acceptors (Lipinski definition) is 4. The standard InChI is InChI=1S/C12H20N2O4S2/c1-12(2,3)20(17,18)14-9-8-10-4-6-11(7-5-10)19(13,15)16/h4-7,14H,8-9H2,1-3H3,(H2,13,15,16). The third-order valence-electron chi connectivity index (χ3n) is 2.76. The molecule has 3 N–H and O–H groups in total. The lowest BCUT2D eigenvalue weighted by Crippen LogP contribution is -2.40. The summed E-state index contributed by atoms with van der Waals surface area (Å²) in [6.45, 7) is 5.12. The summed E-state index contributed by atoms with van der Waals surface area (Å²) >= 11 is 0. The molecule has 0 heterocycles. The van der Waals surface area contributed by atoms with Crippen LogP contribution in [0.2, 0.25) is 0 Å². The number of sulfonamides is 2. The molecule has 0 spiro atoms. The largest absolute Gasteiger partial charge is 0.238 e. The minimum Gasteiger partial charge on any atom is -0.225 e. The molecule has 8 heteroatoms. The van der Waals surface area contributed by atoms with Crippen LogP contribution >= 0.6 is 0 Å². The molecule has 1 aromatic rings. The van der Waals surface area contributed by atoms with Gasteiger partial charge >= 0.3 is 0 Å². The number of primary sulfonamides is 1. The van der Waals surface area contributed by atoms with Crippen molar-refractivity contribution in [3.63, 3.8) is 0 Å². The van der Waals surface area contributed by atoms with E-state index in [0.717, 1.165) is 5.56 Å². The fraction of sp³-hybridized carbons (Fsp3) is 0.500. The van der Waals surface area contributed by atoms with Crippen molar-refractivity contribution >= 4 is 20.0 Å². The van der Waals surface area contributed by atoms with Crippen molar-refractivity contribution in [3.8, 4) is 0 Å². The molecule has 0 aromatic heterocycles. The van der Waals surface area contributed by atoms with E-state index in [1.54, 1.807) is 32.9 Å². The van der Waals surface area contributed by atoms with Gasteiger partial charge in [-0.25, -0.2) is 26.7 Å². The highest BCUT2D eigenvalue weighted by Crippen LogP contribution is 2.13. The molecule has 20 heavy (non-hydrogen) atoms. The van der Waals surface area contributed by atoms with Crippen molar-refractivity contribution < 1.29 is 16.8 Å². The molecule has 0 aliphatic carbocycles. The van der Waals surface area contributed by atoms with Gasteiger partial charge < -0.3 is 0 Å². The van der Waals surface area contributed by atoms with Crippen LogP contribution in [0.15, 0.2) is 29.2 Å². The van der Waals surface area contributed by atoms with Gasteiger partial charge in [-0.2, -0.15) is 0 Å². The molecule has 0 bridgehead atoms. The lowest BCUT2D eigenvalue weighted by atomic mass is 10.2. The lowest BCUT2D eigenvalue weighted by Gasteiger charge is -2.19. The zero-order valence-corrected chi connectivity index (χ0v) is 13.4. The Morgan fingerprint density at radius 3 is 1.95 bits per heavy atom. The van der Waals surface area contributed by atoms with Crippen LogP contribution in [0.3, 0.4) is 0 Å². The number of rotatable bonds is 5. The van der Waals surface area contributed by atoms with Crippen molar-refractivity contribution in [2.75, 3.05) is 6.54 Å². The summed E-state index contributed by atoms with van der Waals surface area (Å²) in [5.41, 5.74) is 0.828. The maximum atomic E-state index is 11.8. The maximum absolute atomic E-state index is 11.8. The zero-order valence-electron chi connectivity index (χ0n) is 11.8. The average Bonchev–Trinajstić information content (AvgIpc) is 2.26. The van der Waals surface area contributed by atoms with Crippen LogP contribution in [-0.2, 0) is 26.5 Å². The molecule has 0 fully saturated rings. The Balaban J connectivity index is 2.65. The van der Waals surface area contributed by atoms with Crippen LogP contribution in [0, 0.1) is 0 Å².